The van der Waals surface area contributed by atoms with Gasteiger partial charge in [0.15, 0.2) is 0 Å². The SMILES string of the molecule is C/C(O)=C/C(=O)C(F)(F)F.C/C(O)=C/C(=O)C(F)(F)F.C/C(O)=C/C(=O)C(F)(F)F.[Fe]. The Morgan fingerprint density at radius 2 is 0.645 bits per heavy atom. The van der Waals surface area contributed by atoms with Crippen LogP contribution in [0.1, 0.15) is 20.8 Å². The van der Waals surface area contributed by atoms with Crippen molar-refractivity contribution in [2.24, 2.45) is 0 Å². The van der Waals surface area contributed by atoms with E-state index in [1.807, 2.05) is 0 Å². The molecule has 182 valence electrons. The summed E-state index contributed by atoms with van der Waals surface area (Å²) in [6.45, 7) is 2.97. The van der Waals surface area contributed by atoms with E-state index in [1.54, 1.807) is 0 Å². The molecular weight excluding hydrogens is 503 g/mol. The van der Waals surface area contributed by atoms with Crippen LogP contribution >= 0.6 is 0 Å². The van der Waals surface area contributed by atoms with Crippen LogP contribution in [0.5, 0.6) is 0 Å². The summed E-state index contributed by atoms with van der Waals surface area (Å²) in [4.78, 5) is 29.7. The predicted molar refractivity (Wildman–Crippen MR) is 82.3 cm³/mol. The van der Waals surface area contributed by atoms with Crippen molar-refractivity contribution in [2.45, 2.75) is 39.3 Å². The molecule has 0 atom stereocenters. The van der Waals surface area contributed by atoms with Crippen molar-refractivity contribution in [3.8, 4) is 0 Å². The van der Waals surface area contributed by atoms with Crippen molar-refractivity contribution in [2.75, 3.05) is 0 Å². The quantitative estimate of drug-likeness (QED) is 0.216. The zero-order valence-electron chi connectivity index (χ0n) is 15.6. The second-order valence-corrected chi connectivity index (χ2v) is 4.94. The summed E-state index contributed by atoms with van der Waals surface area (Å²) in [5, 5.41) is 24.7. The van der Waals surface area contributed by atoms with Gasteiger partial charge in [0, 0.05) is 35.3 Å². The summed E-state index contributed by atoms with van der Waals surface area (Å²) in [5.41, 5.74) is 0. The van der Waals surface area contributed by atoms with Gasteiger partial charge in [0.05, 0.1) is 17.3 Å². The van der Waals surface area contributed by atoms with E-state index < -0.39 is 53.2 Å². The van der Waals surface area contributed by atoms with Crippen LogP contribution in [0.2, 0.25) is 0 Å². The Morgan fingerprint density at radius 1 is 0.516 bits per heavy atom. The van der Waals surface area contributed by atoms with Gasteiger partial charge in [-0.15, -0.1) is 0 Å². The van der Waals surface area contributed by atoms with Crippen molar-refractivity contribution >= 4 is 17.3 Å². The number of carbonyl (C=O) groups is 3. The van der Waals surface area contributed by atoms with Gasteiger partial charge in [-0.25, -0.2) is 0 Å². The minimum absolute atomic E-state index is 0. The van der Waals surface area contributed by atoms with Crippen LogP contribution < -0.4 is 0 Å². The number of carbonyl (C=O) groups excluding carboxylic acids is 3. The summed E-state index contributed by atoms with van der Waals surface area (Å²) in [5.74, 6) is -8.10. The van der Waals surface area contributed by atoms with E-state index in [1.165, 1.54) is 0 Å². The molecule has 0 fully saturated rings. The standard InChI is InChI=1S/3C5H5F3O2.Fe/c3*1-3(9)2-4(10)5(6,7)8;/h3*2,9H,1H3;/b3*3-2-;. The molecule has 0 bridgehead atoms. The van der Waals surface area contributed by atoms with Gasteiger partial charge >= 0.3 is 18.5 Å². The summed E-state index contributed by atoms with van der Waals surface area (Å²) < 4.78 is 102. The number of halogens is 9. The van der Waals surface area contributed by atoms with Crippen LogP contribution in [0.15, 0.2) is 35.5 Å². The molecule has 6 nitrogen and oxygen atoms in total. The van der Waals surface area contributed by atoms with Gasteiger partial charge in [-0.2, -0.15) is 39.5 Å². The minimum atomic E-state index is -4.88. The molecule has 0 aromatic rings. The Balaban J connectivity index is -0.000000174. The van der Waals surface area contributed by atoms with Crippen LogP contribution in [-0.2, 0) is 31.5 Å². The number of rotatable bonds is 3. The van der Waals surface area contributed by atoms with Crippen LogP contribution in [-0.4, -0.2) is 51.2 Å². The third-order valence-corrected chi connectivity index (χ3v) is 1.86. The molecular formula is C15H15F9FeO6. The first-order valence-corrected chi connectivity index (χ1v) is 6.97. The van der Waals surface area contributed by atoms with Gasteiger partial charge in [0.1, 0.15) is 0 Å². The fourth-order valence-electron chi connectivity index (χ4n) is 0.815. The number of alkyl halides is 9. The fourth-order valence-corrected chi connectivity index (χ4v) is 0.815. The second-order valence-electron chi connectivity index (χ2n) is 4.94. The van der Waals surface area contributed by atoms with Crippen LogP contribution in [0, 0.1) is 0 Å². The Morgan fingerprint density at radius 3 is 0.677 bits per heavy atom. The smallest absolute Gasteiger partial charge is 0.454 e. The first-order chi connectivity index (χ1) is 13.0. The Kier molecular flexibility index (Phi) is 16.8. The predicted octanol–water partition coefficient (Wildman–Crippen LogP) is 4.74. The molecule has 0 rings (SSSR count). The summed E-state index contributed by atoms with van der Waals surface area (Å²) in [7, 11) is 0. The maximum Gasteiger partial charge on any atom is 0.454 e. The molecule has 0 saturated heterocycles. The molecule has 16 heteroatoms. The Bertz CT molecular complexity index is 594. The first-order valence-electron chi connectivity index (χ1n) is 6.97. The molecule has 0 spiro atoms. The molecule has 0 aliphatic rings. The van der Waals surface area contributed by atoms with Crippen molar-refractivity contribution in [1.29, 1.82) is 0 Å². The average molecular weight is 518 g/mol. The molecule has 3 N–H and O–H groups in total. The van der Waals surface area contributed by atoms with E-state index in [0.717, 1.165) is 20.8 Å². The van der Waals surface area contributed by atoms with Crippen LogP contribution in [0.25, 0.3) is 0 Å². The zero-order chi connectivity index (χ0) is 25.1. The van der Waals surface area contributed by atoms with Crippen LogP contribution in [0.4, 0.5) is 39.5 Å². The topological polar surface area (TPSA) is 112 Å². The van der Waals surface area contributed by atoms with E-state index in [9.17, 15) is 53.9 Å². The van der Waals surface area contributed by atoms with Crippen molar-refractivity contribution < 1.29 is 86.3 Å². The number of aliphatic hydroxyl groups excluding tert-OH is 3. The maximum atomic E-state index is 11.3. The zero-order valence-corrected chi connectivity index (χ0v) is 16.7. The molecule has 0 saturated carbocycles. The fraction of sp³-hybridized carbons (Fsp3) is 0.400. The van der Waals surface area contributed by atoms with Gasteiger partial charge in [0.2, 0.25) is 0 Å². The molecule has 0 aliphatic heterocycles. The molecule has 0 aromatic heterocycles. The third kappa shape index (κ3) is 23.7. The number of aliphatic hydroxyl groups is 3. The largest absolute Gasteiger partial charge is 0.512 e. The molecule has 31 heavy (non-hydrogen) atoms. The number of ketones is 3. The molecule has 0 radical (unpaired) electrons. The van der Waals surface area contributed by atoms with Crippen molar-refractivity contribution in [1.82, 2.24) is 0 Å². The maximum absolute atomic E-state index is 11.3. The number of allylic oxidation sites excluding steroid dienone is 6. The van der Waals surface area contributed by atoms with Gasteiger partial charge in [-0.1, -0.05) is 0 Å². The molecule has 0 unspecified atom stereocenters. The van der Waals surface area contributed by atoms with Crippen LogP contribution in [0.3, 0.4) is 0 Å². The molecule has 0 amide bonds. The summed E-state index contributed by atoms with van der Waals surface area (Å²) in [6, 6.07) is 0. The second kappa shape index (κ2) is 14.5. The average Bonchev–Trinajstić information content (AvgIpc) is 2.43. The first kappa shape index (κ1) is 35.9. The Labute approximate surface area is 179 Å². The van der Waals surface area contributed by atoms with E-state index in [0.29, 0.717) is 0 Å². The molecule has 0 heterocycles. The summed E-state index contributed by atoms with van der Waals surface area (Å²) >= 11 is 0. The van der Waals surface area contributed by atoms with Gasteiger partial charge < -0.3 is 15.3 Å². The molecule has 0 aliphatic carbocycles. The molecule has 0 aromatic carbocycles. The van der Waals surface area contributed by atoms with Gasteiger partial charge in [-0.3, -0.25) is 14.4 Å². The van der Waals surface area contributed by atoms with Gasteiger partial charge in [-0.05, 0) is 20.8 Å². The van der Waals surface area contributed by atoms with E-state index >= 15 is 0 Å². The van der Waals surface area contributed by atoms with E-state index in [2.05, 4.69) is 0 Å². The van der Waals surface area contributed by atoms with Crippen molar-refractivity contribution in [3.05, 3.63) is 35.5 Å². The Hall–Kier alpha value is -2.48. The normalized spacial score (nSPS) is 13.0. The third-order valence-electron chi connectivity index (χ3n) is 1.86. The monoisotopic (exact) mass is 518 g/mol. The number of hydrogen-bond acceptors (Lipinski definition) is 6. The van der Waals surface area contributed by atoms with Crippen molar-refractivity contribution in [3.63, 3.8) is 0 Å². The minimum Gasteiger partial charge on any atom is -0.512 e. The van der Waals surface area contributed by atoms with Gasteiger partial charge in [0.25, 0.3) is 17.3 Å². The van der Waals surface area contributed by atoms with E-state index in [-0.39, 0.29) is 35.3 Å². The number of hydrogen-bond donors (Lipinski definition) is 3. The summed E-state index contributed by atoms with van der Waals surface area (Å²) in [6.07, 6.45) is -14.3. The van der Waals surface area contributed by atoms with E-state index in [4.69, 9.17) is 15.3 Å².